The van der Waals surface area contributed by atoms with Gasteiger partial charge in [0.25, 0.3) is 0 Å². The Hall–Kier alpha value is -2.64. The number of H-pyrrole nitrogens is 1. The lowest BCUT2D eigenvalue weighted by Crippen LogP contribution is -2.69. The van der Waals surface area contributed by atoms with Crippen LogP contribution >= 0.6 is 0 Å². The third-order valence-corrected chi connectivity index (χ3v) is 6.56. The SMILES string of the molecule is CN1CC2(C1)CN(c1cc(-c3n[nH]c4ccc(OC5(C)CC5)cc34)ccn1)CCO2. The Bertz CT molecular complexity index is 1090. The lowest BCUT2D eigenvalue weighted by molar-refractivity contribution is -0.141. The summed E-state index contributed by atoms with van der Waals surface area (Å²) < 4.78 is 12.3. The minimum Gasteiger partial charge on any atom is -0.488 e. The maximum atomic E-state index is 6.17. The Kier molecular flexibility index (Phi) is 3.89. The van der Waals surface area contributed by atoms with Gasteiger partial charge in [-0.1, -0.05) is 0 Å². The molecule has 1 aromatic carbocycles. The first kappa shape index (κ1) is 18.2. The van der Waals surface area contributed by atoms with Gasteiger partial charge in [-0.25, -0.2) is 4.98 Å². The number of hydrogen-bond acceptors (Lipinski definition) is 6. The van der Waals surface area contributed by atoms with Crippen LogP contribution in [0.3, 0.4) is 0 Å². The zero-order valence-corrected chi connectivity index (χ0v) is 17.5. The molecular formula is C23H27N5O2. The molecule has 1 saturated carbocycles. The number of aromatic nitrogens is 3. The van der Waals surface area contributed by atoms with Gasteiger partial charge in [-0.15, -0.1) is 0 Å². The zero-order valence-electron chi connectivity index (χ0n) is 17.5. The molecule has 2 aromatic heterocycles. The number of ether oxygens (including phenoxy) is 2. The molecule has 0 unspecified atom stereocenters. The lowest BCUT2D eigenvalue weighted by Gasteiger charge is -2.53. The third kappa shape index (κ3) is 3.13. The maximum Gasteiger partial charge on any atom is 0.129 e. The fourth-order valence-electron chi connectivity index (χ4n) is 4.75. The Balaban J connectivity index is 1.31. The Labute approximate surface area is 176 Å². The highest BCUT2D eigenvalue weighted by Gasteiger charge is 2.46. The van der Waals surface area contributed by atoms with Crippen molar-refractivity contribution in [1.82, 2.24) is 20.1 Å². The minimum absolute atomic E-state index is 0.00327. The average Bonchev–Trinajstić information content (AvgIpc) is 3.30. The van der Waals surface area contributed by atoms with E-state index in [1.165, 1.54) is 0 Å². The van der Waals surface area contributed by atoms with Crippen LogP contribution in [0.1, 0.15) is 19.8 Å². The molecule has 6 rings (SSSR count). The van der Waals surface area contributed by atoms with Crippen LogP contribution < -0.4 is 9.64 Å². The van der Waals surface area contributed by atoms with Gasteiger partial charge in [0.05, 0.1) is 18.7 Å². The van der Waals surface area contributed by atoms with E-state index in [0.717, 1.165) is 79.4 Å². The molecule has 3 aliphatic rings. The molecule has 4 heterocycles. The van der Waals surface area contributed by atoms with Gasteiger partial charge in [0.2, 0.25) is 0 Å². The maximum absolute atomic E-state index is 6.17. The van der Waals surface area contributed by atoms with Crippen molar-refractivity contribution in [2.45, 2.75) is 31.0 Å². The third-order valence-electron chi connectivity index (χ3n) is 6.56. The van der Waals surface area contributed by atoms with E-state index in [0.29, 0.717) is 0 Å². The van der Waals surface area contributed by atoms with E-state index in [9.17, 15) is 0 Å². The molecule has 3 fully saturated rings. The van der Waals surface area contributed by atoms with Gasteiger partial charge in [0, 0.05) is 36.8 Å². The van der Waals surface area contributed by atoms with E-state index in [2.05, 4.69) is 51.1 Å². The fraction of sp³-hybridized carbons (Fsp3) is 0.478. The predicted octanol–water partition coefficient (Wildman–Crippen LogP) is 3.08. The van der Waals surface area contributed by atoms with E-state index >= 15 is 0 Å². The van der Waals surface area contributed by atoms with Crippen molar-refractivity contribution in [3.63, 3.8) is 0 Å². The van der Waals surface area contributed by atoms with E-state index in [-0.39, 0.29) is 11.2 Å². The number of rotatable bonds is 4. The number of likely N-dealkylation sites (tertiary alicyclic amines) is 1. The van der Waals surface area contributed by atoms with Crippen molar-refractivity contribution < 1.29 is 9.47 Å². The second kappa shape index (κ2) is 6.43. The van der Waals surface area contributed by atoms with Crippen LogP contribution in [0.2, 0.25) is 0 Å². The molecule has 0 radical (unpaired) electrons. The van der Waals surface area contributed by atoms with E-state index < -0.39 is 0 Å². The van der Waals surface area contributed by atoms with E-state index in [1.54, 1.807) is 0 Å². The summed E-state index contributed by atoms with van der Waals surface area (Å²) in [5.41, 5.74) is 2.97. The minimum atomic E-state index is -0.0467. The number of fused-ring (bicyclic) bond motifs is 1. The molecule has 1 aliphatic carbocycles. The highest BCUT2D eigenvalue weighted by atomic mass is 16.5. The molecule has 7 nitrogen and oxygen atoms in total. The predicted molar refractivity (Wildman–Crippen MR) is 116 cm³/mol. The van der Waals surface area contributed by atoms with Crippen LogP contribution in [0.15, 0.2) is 36.5 Å². The van der Waals surface area contributed by atoms with Crippen molar-refractivity contribution in [1.29, 1.82) is 0 Å². The fourth-order valence-corrected chi connectivity index (χ4v) is 4.75. The summed E-state index contributed by atoms with van der Waals surface area (Å²) >= 11 is 0. The number of likely N-dealkylation sites (N-methyl/N-ethyl adjacent to an activating group) is 1. The second-order valence-corrected chi connectivity index (χ2v) is 9.36. The van der Waals surface area contributed by atoms with Gasteiger partial charge in [-0.3, -0.25) is 5.10 Å². The Morgan fingerprint density at radius 1 is 1.13 bits per heavy atom. The lowest BCUT2D eigenvalue weighted by atomic mass is 9.92. The topological polar surface area (TPSA) is 66.5 Å². The molecule has 0 amide bonds. The molecule has 0 bridgehead atoms. The summed E-state index contributed by atoms with van der Waals surface area (Å²) in [6, 6.07) is 10.4. The number of aromatic amines is 1. The molecule has 1 N–H and O–H groups in total. The first-order valence-corrected chi connectivity index (χ1v) is 10.7. The number of nitrogens with one attached hydrogen (secondary N) is 1. The van der Waals surface area contributed by atoms with Gasteiger partial charge in [0.15, 0.2) is 0 Å². The quantitative estimate of drug-likeness (QED) is 0.720. The Morgan fingerprint density at radius 3 is 2.80 bits per heavy atom. The van der Waals surface area contributed by atoms with Crippen LogP contribution in [0.4, 0.5) is 5.82 Å². The smallest absolute Gasteiger partial charge is 0.129 e. The summed E-state index contributed by atoms with van der Waals surface area (Å²) in [6.07, 6.45) is 4.12. The number of anilines is 1. The number of nitrogens with zero attached hydrogens (tertiary/aromatic N) is 4. The molecule has 7 heteroatoms. The highest BCUT2D eigenvalue weighted by Crippen LogP contribution is 2.41. The number of benzene rings is 1. The molecular weight excluding hydrogens is 378 g/mol. The van der Waals surface area contributed by atoms with Crippen LogP contribution in [0, 0.1) is 0 Å². The molecule has 2 aliphatic heterocycles. The van der Waals surface area contributed by atoms with Crippen molar-refractivity contribution in [2.24, 2.45) is 0 Å². The number of morpholine rings is 1. The number of hydrogen-bond donors (Lipinski definition) is 1. The molecule has 0 atom stereocenters. The van der Waals surface area contributed by atoms with Gasteiger partial charge < -0.3 is 19.3 Å². The molecule has 156 valence electrons. The second-order valence-electron chi connectivity index (χ2n) is 9.36. The summed E-state index contributed by atoms with van der Waals surface area (Å²) in [4.78, 5) is 9.31. The van der Waals surface area contributed by atoms with E-state index in [4.69, 9.17) is 9.47 Å². The first-order valence-electron chi connectivity index (χ1n) is 10.7. The van der Waals surface area contributed by atoms with Gasteiger partial charge in [0.1, 0.15) is 28.5 Å². The monoisotopic (exact) mass is 405 g/mol. The van der Waals surface area contributed by atoms with E-state index in [1.807, 2.05) is 24.4 Å². The average molecular weight is 406 g/mol. The largest absolute Gasteiger partial charge is 0.488 e. The summed E-state index contributed by atoms with van der Waals surface area (Å²) in [5, 5.41) is 8.85. The summed E-state index contributed by atoms with van der Waals surface area (Å²) in [6.45, 7) is 6.61. The van der Waals surface area contributed by atoms with Crippen molar-refractivity contribution in [3.8, 4) is 17.0 Å². The highest BCUT2D eigenvalue weighted by molar-refractivity contribution is 5.94. The first-order chi connectivity index (χ1) is 14.5. The molecule has 2 saturated heterocycles. The van der Waals surface area contributed by atoms with Gasteiger partial charge in [-0.2, -0.15) is 5.10 Å². The van der Waals surface area contributed by atoms with Crippen LogP contribution in [-0.2, 0) is 4.74 Å². The Morgan fingerprint density at radius 2 is 2.00 bits per heavy atom. The zero-order chi connectivity index (χ0) is 20.3. The summed E-state index contributed by atoms with van der Waals surface area (Å²) in [5.74, 6) is 1.89. The van der Waals surface area contributed by atoms with Crippen molar-refractivity contribution in [3.05, 3.63) is 36.5 Å². The van der Waals surface area contributed by atoms with Crippen molar-refractivity contribution >= 4 is 16.7 Å². The molecule has 3 aromatic rings. The van der Waals surface area contributed by atoms with Gasteiger partial charge in [-0.05, 0) is 57.1 Å². The van der Waals surface area contributed by atoms with Crippen molar-refractivity contribution in [2.75, 3.05) is 44.7 Å². The van der Waals surface area contributed by atoms with Crippen LogP contribution in [0.25, 0.3) is 22.2 Å². The molecule has 30 heavy (non-hydrogen) atoms. The van der Waals surface area contributed by atoms with Crippen LogP contribution in [-0.4, -0.2) is 71.1 Å². The summed E-state index contributed by atoms with van der Waals surface area (Å²) in [7, 11) is 2.14. The molecule has 1 spiro atoms. The normalized spacial score (nSPS) is 22.3. The van der Waals surface area contributed by atoms with Gasteiger partial charge >= 0.3 is 0 Å². The standard InChI is InChI=1S/C23H27N5O2/c1-22(6-7-22)30-17-3-4-19-18(12-17)21(26-25-19)16-5-8-24-20(11-16)28-9-10-29-23(15-28)13-27(2)14-23/h3-5,8,11-12H,6-7,9-10,13-15H2,1-2H3,(H,25,26). The van der Waals surface area contributed by atoms with Crippen LogP contribution in [0.5, 0.6) is 5.75 Å². The number of pyridine rings is 1.